The lowest BCUT2D eigenvalue weighted by atomic mass is 9.93. The van der Waals surface area contributed by atoms with Crippen LogP contribution in [-0.4, -0.2) is 28.3 Å². The Morgan fingerprint density at radius 2 is 2.00 bits per heavy atom. The molecule has 0 amide bonds. The molecule has 7 nitrogen and oxygen atoms in total. The average Bonchev–Trinajstić information content (AvgIpc) is 2.75. The van der Waals surface area contributed by atoms with Crippen molar-refractivity contribution in [3.05, 3.63) is 68.8 Å². The fourth-order valence-electron chi connectivity index (χ4n) is 3.26. The second kappa shape index (κ2) is 6.59. The first-order valence-corrected chi connectivity index (χ1v) is 8.27. The maximum atomic E-state index is 13.1. The zero-order valence-electron chi connectivity index (χ0n) is 14.4. The molecule has 0 bridgehead atoms. The fraction of sp³-hybridized carbons (Fsp3) is 0.263. The molecular weight excluding hydrogens is 336 g/mol. The summed E-state index contributed by atoms with van der Waals surface area (Å²) in [5.74, 6) is -2.39. The first kappa shape index (κ1) is 17.6. The Kier molecular flexibility index (Phi) is 4.46. The molecule has 134 valence electrons. The Balaban J connectivity index is 2.33. The normalized spacial score (nSPS) is 14.2. The van der Waals surface area contributed by atoms with Crippen LogP contribution in [0.25, 0.3) is 0 Å². The van der Waals surface area contributed by atoms with Gasteiger partial charge in [0.25, 0.3) is 5.69 Å². The number of rotatable bonds is 4. The minimum absolute atomic E-state index is 0.175. The van der Waals surface area contributed by atoms with Crippen LogP contribution >= 0.6 is 0 Å². The Morgan fingerprint density at radius 3 is 2.62 bits per heavy atom. The number of carboxylic acid groups (broad SMARTS) is 1. The van der Waals surface area contributed by atoms with E-state index < -0.39 is 16.8 Å². The third kappa shape index (κ3) is 2.81. The van der Waals surface area contributed by atoms with Crippen LogP contribution in [-0.2, 0) is 11.3 Å². The number of carboxylic acids is 1. The number of fused-ring (bicyclic) bond motifs is 2. The van der Waals surface area contributed by atoms with Gasteiger partial charge in [0.05, 0.1) is 16.4 Å². The van der Waals surface area contributed by atoms with E-state index in [9.17, 15) is 24.8 Å². The third-order valence-corrected chi connectivity index (χ3v) is 4.75. The second-order valence-corrected chi connectivity index (χ2v) is 6.25. The van der Waals surface area contributed by atoms with Crippen molar-refractivity contribution in [3.63, 3.8) is 0 Å². The predicted molar refractivity (Wildman–Crippen MR) is 95.7 cm³/mol. The van der Waals surface area contributed by atoms with Gasteiger partial charge in [0.1, 0.15) is 5.69 Å². The van der Waals surface area contributed by atoms with Crippen molar-refractivity contribution in [1.29, 1.82) is 0 Å². The molecule has 1 aliphatic rings. The molecule has 1 N–H and O–H groups in total. The minimum Gasteiger partial charge on any atom is -0.481 e. The molecule has 1 heterocycles. The van der Waals surface area contributed by atoms with Crippen LogP contribution in [0.3, 0.4) is 0 Å². The van der Waals surface area contributed by atoms with Gasteiger partial charge in [-0.2, -0.15) is 0 Å². The van der Waals surface area contributed by atoms with Crippen LogP contribution in [0.1, 0.15) is 46.8 Å². The zero-order valence-corrected chi connectivity index (χ0v) is 14.4. The summed E-state index contributed by atoms with van der Waals surface area (Å²) in [6.07, 6.45) is 0. The molecule has 2 aromatic carbocycles. The van der Waals surface area contributed by atoms with Gasteiger partial charge in [-0.1, -0.05) is 24.3 Å². The molecule has 1 unspecified atom stereocenters. The van der Waals surface area contributed by atoms with E-state index in [-0.39, 0.29) is 28.3 Å². The van der Waals surface area contributed by atoms with Crippen molar-refractivity contribution in [2.45, 2.75) is 26.3 Å². The molecule has 0 spiro atoms. The highest BCUT2D eigenvalue weighted by molar-refractivity contribution is 6.15. The van der Waals surface area contributed by atoms with E-state index in [1.165, 1.54) is 19.1 Å². The van der Waals surface area contributed by atoms with E-state index in [2.05, 4.69) is 0 Å². The first-order valence-electron chi connectivity index (χ1n) is 8.27. The summed E-state index contributed by atoms with van der Waals surface area (Å²) < 4.78 is 0. The highest BCUT2D eigenvalue weighted by Crippen LogP contribution is 2.40. The SMILES string of the molecule is CCN1Cc2ccccc2C(=O)c2cc(C(C)C(=O)O)cc([N+](=O)[O-])c21. The molecule has 2 aromatic rings. The van der Waals surface area contributed by atoms with Crippen LogP contribution < -0.4 is 4.90 Å². The zero-order chi connectivity index (χ0) is 19.0. The monoisotopic (exact) mass is 354 g/mol. The molecule has 1 atom stereocenters. The van der Waals surface area contributed by atoms with Gasteiger partial charge in [-0.25, -0.2) is 0 Å². The molecule has 1 aliphatic heterocycles. The Morgan fingerprint density at radius 1 is 1.31 bits per heavy atom. The van der Waals surface area contributed by atoms with Crippen LogP contribution in [0.15, 0.2) is 36.4 Å². The summed E-state index contributed by atoms with van der Waals surface area (Å²) in [6.45, 7) is 4.16. The Labute approximate surface area is 150 Å². The van der Waals surface area contributed by atoms with Gasteiger partial charge in [0.2, 0.25) is 0 Å². The van der Waals surface area contributed by atoms with Crippen LogP contribution in [0.5, 0.6) is 0 Å². The predicted octanol–water partition coefficient (Wildman–Crippen LogP) is 3.35. The number of aliphatic carboxylic acids is 1. The summed E-state index contributed by atoms with van der Waals surface area (Å²) in [5.41, 5.74) is 1.70. The molecule has 0 aliphatic carbocycles. The molecule has 0 aromatic heterocycles. The number of carbonyl (C=O) groups excluding carboxylic acids is 1. The fourth-order valence-corrected chi connectivity index (χ4v) is 3.26. The number of hydrogen-bond acceptors (Lipinski definition) is 5. The lowest BCUT2D eigenvalue weighted by Gasteiger charge is -2.23. The summed E-state index contributed by atoms with van der Waals surface area (Å²) in [4.78, 5) is 37.4. The number of anilines is 1. The number of benzene rings is 2. The standard InChI is InChI=1S/C19H18N2O5/c1-3-20-10-12-6-4-5-7-14(12)18(22)15-8-13(11(2)19(23)24)9-16(17(15)20)21(25)26/h4-9,11H,3,10H2,1-2H3,(H,23,24). The lowest BCUT2D eigenvalue weighted by Crippen LogP contribution is -2.23. The summed E-state index contributed by atoms with van der Waals surface area (Å²) >= 11 is 0. The van der Waals surface area contributed by atoms with Gasteiger partial charge in [-0.05, 0) is 31.0 Å². The second-order valence-electron chi connectivity index (χ2n) is 6.25. The molecule has 0 saturated carbocycles. The van der Waals surface area contributed by atoms with Crippen LogP contribution in [0.2, 0.25) is 0 Å². The molecule has 0 fully saturated rings. The van der Waals surface area contributed by atoms with E-state index in [0.29, 0.717) is 18.7 Å². The largest absolute Gasteiger partial charge is 0.481 e. The lowest BCUT2D eigenvalue weighted by molar-refractivity contribution is -0.384. The molecule has 7 heteroatoms. The quantitative estimate of drug-likeness (QED) is 0.667. The van der Waals surface area contributed by atoms with Crippen LogP contribution in [0, 0.1) is 10.1 Å². The number of nitro groups is 1. The number of nitro benzene ring substituents is 1. The summed E-state index contributed by atoms with van der Waals surface area (Å²) in [5, 5.41) is 21.0. The highest BCUT2D eigenvalue weighted by atomic mass is 16.6. The van der Waals surface area contributed by atoms with Crippen molar-refractivity contribution >= 4 is 23.1 Å². The van der Waals surface area contributed by atoms with E-state index >= 15 is 0 Å². The number of hydrogen-bond donors (Lipinski definition) is 1. The van der Waals surface area contributed by atoms with Gasteiger partial charge in [0, 0.05) is 24.7 Å². The van der Waals surface area contributed by atoms with Crippen molar-refractivity contribution in [3.8, 4) is 0 Å². The van der Waals surface area contributed by atoms with Gasteiger partial charge < -0.3 is 10.0 Å². The smallest absolute Gasteiger partial charge is 0.310 e. The van der Waals surface area contributed by atoms with Gasteiger partial charge in [0.15, 0.2) is 5.78 Å². The van der Waals surface area contributed by atoms with E-state index in [4.69, 9.17) is 0 Å². The van der Waals surface area contributed by atoms with Crippen molar-refractivity contribution in [2.24, 2.45) is 0 Å². The van der Waals surface area contributed by atoms with Gasteiger partial charge in [-0.3, -0.25) is 19.7 Å². The molecule has 3 rings (SSSR count). The van der Waals surface area contributed by atoms with Gasteiger partial charge in [-0.15, -0.1) is 0 Å². The summed E-state index contributed by atoms with van der Waals surface area (Å²) in [6, 6.07) is 9.84. The topological polar surface area (TPSA) is 101 Å². The maximum Gasteiger partial charge on any atom is 0.310 e. The summed E-state index contributed by atoms with van der Waals surface area (Å²) in [7, 11) is 0. The van der Waals surface area contributed by atoms with Crippen molar-refractivity contribution in [2.75, 3.05) is 11.4 Å². The van der Waals surface area contributed by atoms with E-state index in [0.717, 1.165) is 5.56 Å². The van der Waals surface area contributed by atoms with E-state index in [1.54, 1.807) is 17.0 Å². The third-order valence-electron chi connectivity index (χ3n) is 4.75. The molecule has 0 saturated heterocycles. The molecule has 0 radical (unpaired) electrons. The van der Waals surface area contributed by atoms with Crippen LogP contribution in [0.4, 0.5) is 11.4 Å². The number of nitrogens with zero attached hydrogens (tertiary/aromatic N) is 2. The van der Waals surface area contributed by atoms with Crippen molar-refractivity contribution in [1.82, 2.24) is 0 Å². The Bertz CT molecular complexity index is 922. The minimum atomic E-state index is -1.10. The van der Waals surface area contributed by atoms with Crippen molar-refractivity contribution < 1.29 is 19.6 Å². The maximum absolute atomic E-state index is 13.1. The van der Waals surface area contributed by atoms with Gasteiger partial charge >= 0.3 is 5.97 Å². The average molecular weight is 354 g/mol. The number of carbonyl (C=O) groups is 2. The highest BCUT2D eigenvalue weighted by Gasteiger charge is 2.33. The first-order chi connectivity index (χ1) is 12.3. The molecular formula is C19H18N2O5. The Hall–Kier alpha value is -3.22. The van der Waals surface area contributed by atoms with E-state index in [1.807, 2.05) is 19.1 Å². The number of ketones is 1. The molecule has 26 heavy (non-hydrogen) atoms.